The van der Waals surface area contributed by atoms with Gasteiger partial charge in [-0.25, -0.2) is 0 Å². The molecule has 2 atom stereocenters. The van der Waals surface area contributed by atoms with Crippen molar-refractivity contribution >= 4 is 11.8 Å². The van der Waals surface area contributed by atoms with Crippen molar-refractivity contribution in [2.24, 2.45) is 17.3 Å². The third-order valence-electron chi connectivity index (χ3n) is 4.48. The molecule has 1 aromatic carbocycles. The topological polar surface area (TPSA) is 43.4 Å². The molecule has 0 saturated carbocycles. The van der Waals surface area contributed by atoms with Crippen LogP contribution in [0.4, 0.5) is 0 Å². The molecule has 3 nitrogen and oxygen atoms in total. The predicted molar refractivity (Wildman–Crippen MR) is 108 cm³/mol. The Labute approximate surface area is 159 Å². The maximum Gasteiger partial charge on any atom is 0.317 e. The fraction of sp³-hybridized carbons (Fsp3) is 0.652. The third-order valence-corrected chi connectivity index (χ3v) is 4.48. The minimum absolute atomic E-state index is 0.105. The molecule has 1 rings (SSSR count). The Morgan fingerprint density at radius 1 is 1.00 bits per heavy atom. The van der Waals surface area contributed by atoms with E-state index < -0.39 is 11.9 Å². The number of carbonyl (C=O) groups is 2. The van der Waals surface area contributed by atoms with Crippen molar-refractivity contribution in [3.05, 3.63) is 34.4 Å². The van der Waals surface area contributed by atoms with Gasteiger partial charge in [-0.05, 0) is 69.9 Å². The summed E-state index contributed by atoms with van der Waals surface area (Å²) in [6.07, 6.45) is 1.25. The first kappa shape index (κ1) is 22.4. The maximum absolute atomic E-state index is 13.3. The number of aryl methyl sites for hydroxylation is 3. The van der Waals surface area contributed by atoms with E-state index in [9.17, 15) is 9.59 Å². The van der Waals surface area contributed by atoms with Crippen LogP contribution >= 0.6 is 0 Å². The normalized spacial score (nSPS) is 14.2. The quantitative estimate of drug-likeness (QED) is 0.349. The molecule has 0 heterocycles. The van der Waals surface area contributed by atoms with Crippen molar-refractivity contribution < 1.29 is 14.3 Å². The first-order valence-electron chi connectivity index (χ1n) is 9.64. The van der Waals surface area contributed by atoms with Gasteiger partial charge in [0.1, 0.15) is 5.92 Å². The standard InChI is InChI=1S/C23H36O3/c1-14(2)26-22(25)19(12-16(4)13-23(7,8)9)21(24)20-17(5)10-15(3)11-18(20)6/h10-11,14,16,19H,12-13H2,1-9H3. The van der Waals surface area contributed by atoms with E-state index in [0.29, 0.717) is 12.0 Å². The Bertz CT molecular complexity index is 627. The summed E-state index contributed by atoms with van der Waals surface area (Å²) in [4.78, 5) is 26.0. The number of ketones is 1. The summed E-state index contributed by atoms with van der Waals surface area (Å²) >= 11 is 0. The van der Waals surface area contributed by atoms with Crippen LogP contribution in [0.2, 0.25) is 0 Å². The van der Waals surface area contributed by atoms with Crippen molar-refractivity contribution in [3.63, 3.8) is 0 Å². The van der Waals surface area contributed by atoms with Crippen LogP contribution in [-0.2, 0) is 9.53 Å². The number of ether oxygens (including phenoxy) is 1. The zero-order valence-corrected chi connectivity index (χ0v) is 18.0. The average molecular weight is 361 g/mol. The number of rotatable bonds is 7. The largest absolute Gasteiger partial charge is 0.462 e. The van der Waals surface area contributed by atoms with Crippen LogP contribution in [0.3, 0.4) is 0 Å². The van der Waals surface area contributed by atoms with Gasteiger partial charge in [0.25, 0.3) is 0 Å². The van der Waals surface area contributed by atoms with Gasteiger partial charge in [0.15, 0.2) is 5.78 Å². The van der Waals surface area contributed by atoms with Crippen LogP contribution in [0.25, 0.3) is 0 Å². The zero-order chi connectivity index (χ0) is 20.2. The number of Topliss-reactive ketones (excluding diaryl/α,β-unsaturated/α-hetero) is 1. The Morgan fingerprint density at radius 3 is 1.92 bits per heavy atom. The highest BCUT2D eigenvalue weighted by molar-refractivity contribution is 6.10. The Hall–Kier alpha value is -1.64. The first-order valence-corrected chi connectivity index (χ1v) is 9.64. The van der Waals surface area contributed by atoms with Crippen molar-refractivity contribution in [1.29, 1.82) is 0 Å². The molecule has 3 heteroatoms. The molecule has 0 N–H and O–H groups in total. The molecular weight excluding hydrogens is 324 g/mol. The highest BCUT2D eigenvalue weighted by atomic mass is 16.5. The van der Waals surface area contributed by atoms with Crippen LogP contribution in [0.1, 0.15) is 81.4 Å². The van der Waals surface area contributed by atoms with E-state index >= 15 is 0 Å². The second-order valence-electron chi connectivity index (χ2n) is 9.28. The SMILES string of the molecule is Cc1cc(C)c(C(=O)C(CC(C)CC(C)(C)C)C(=O)OC(C)C)c(C)c1. The number of esters is 1. The van der Waals surface area contributed by atoms with Crippen LogP contribution in [0.5, 0.6) is 0 Å². The van der Waals surface area contributed by atoms with E-state index in [2.05, 4.69) is 27.7 Å². The second-order valence-corrected chi connectivity index (χ2v) is 9.28. The van der Waals surface area contributed by atoms with Gasteiger partial charge < -0.3 is 4.74 Å². The lowest BCUT2D eigenvalue weighted by Crippen LogP contribution is -2.31. The molecule has 0 fully saturated rings. The van der Waals surface area contributed by atoms with E-state index in [1.165, 1.54) is 0 Å². The summed E-state index contributed by atoms with van der Waals surface area (Å²) in [5.41, 5.74) is 3.81. The fourth-order valence-corrected chi connectivity index (χ4v) is 3.90. The Kier molecular flexibility index (Phi) is 7.61. The lowest BCUT2D eigenvalue weighted by molar-refractivity contribution is -0.151. The van der Waals surface area contributed by atoms with Crippen molar-refractivity contribution in [3.8, 4) is 0 Å². The van der Waals surface area contributed by atoms with E-state index in [-0.39, 0.29) is 23.2 Å². The van der Waals surface area contributed by atoms with Gasteiger partial charge in [-0.2, -0.15) is 0 Å². The van der Waals surface area contributed by atoms with Gasteiger partial charge in [0.05, 0.1) is 6.10 Å². The minimum Gasteiger partial charge on any atom is -0.462 e. The highest BCUT2D eigenvalue weighted by Crippen LogP contribution is 2.31. The smallest absolute Gasteiger partial charge is 0.317 e. The Morgan fingerprint density at radius 2 is 1.50 bits per heavy atom. The molecule has 26 heavy (non-hydrogen) atoms. The molecule has 2 unspecified atom stereocenters. The van der Waals surface area contributed by atoms with Crippen LogP contribution in [0.15, 0.2) is 12.1 Å². The number of hydrogen-bond acceptors (Lipinski definition) is 3. The second kappa shape index (κ2) is 8.83. The highest BCUT2D eigenvalue weighted by Gasteiger charge is 2.33. The summed E-state index contributed by atoms with van der Waals surface area (Å²) < 4.78 is 5.43. The molecule has 0 aliphatic heterocycles. The van der Waals surface area contributed by atoms with Gasteiger partial charge in [0, 0.05) is 5.56 Å². The summed E-state index contributed by atoms with van der Waals surface area (Å²) in [7, 11) is 0. The van der Waals surface area contributed by atoms with Crippen molar-refractivity contribution in [1.82, 2.24) is 0 Å². The molecule has 1 aromatic rings. The lowest BCUT2D eigenvalue weighted by atomic mass is 9.79. The zero-order valence-electron chi connectivity index (χ0n) is 18.0. The van der Waals surface area contributed by atoms with Crippen LogP contribution in [0, 0.1) is 38.0 Å². The number of carbonyl (C=O) groups excluding carboxylic acids is 2. The molecule has 0 aliphatic carbocycles. The maximum atomic E-state index is 13.3. The van der Waals surface area contributed by atoms with Crippen LogP contribution in [-0.4, -0.2) is 17.9 Å². The molecule has 0 spiro atoms. The summed E-state index contributed by atoms with van der Waals surface area (Å²) in [6, 6.07) is 4.01. The minimum atomic E-state index is -0.741. The van der Waals surface area contributed by atoms with Crippen LogP contribution < -0.4 is 0 Å². The Balaban J connectivity index is 3.19. The molecule has 0 bridgehead atoms. The first-order chi connectivity index (χ1) is 11.8. The van der Waals surface area contributed by atoms with E-state index in [4.69, 9.17) is 4.74 Å². The van der Waals surface area contributed by atoms with Crippen molar-refractivity contribution in [2.75, 3.05) is 0 Å². The number of benzene rings is 1. The van der Waals surface area contributed by atoms with Gasteiger partial charge in [0.2, 0.25) is 0 Å². The molecule has 0 saturated heterocycles. The molecule has 0 radical (unpaired) electrons. The molecular formula is C23H36O3. The van der Waals surface area contributed by atoms with Gasteiger partial charge in [-0.1, -0.05) is 45.4 Å². The molecule has 146 valence electrons. The third kappa shape index (κ3) is 6.59. The molecule has 0 aromatic heterocycles. The van der Waals surface area contributed by atoms with E-state index in [0.717, 1.165) is 23.1 Å². The van der Waals surface area contributed by atoms with E-state index in [1.54, 1.807) is 0 Å². The predicted octanol–water partition coefficient (Wildman–Crippen LogP) is 5.82. The lowest BCUT2D eigenvalue weighted by Gasteiger charge is -2.26. The summed E-state index contributed by atoms with van der Waals surface area (Å²) in [5, 5.41) is 0. The van der Waals surface area contributed by atoms with Gasteiger partial charge in [-0.15, -0.1) is 0 Å². The molecule has 0 aliphatic rings. The van der Waals surface area contributed by atoms with Gasteiger partial charge in [-0.3, -0.25) is 9.59 Å². The molecule has 0 amide bonds. The van der Waals surface area contributed by atoms with Crippen molar-refractivity contribution in [2.45, 2.75) is 81.3 Å². The fourth-order valence-electron chi connectivity index (χ4n) is 3.90. The van der Waals surface area contributed by atoms with E-state index in [1.807, 2.05) is 46.8 Å². The number of hydrogen-bond donors (Lipinski definition) is 0. The monoisotopic (exact) mass is 360 g/mol. The average Bonchev–Trinajstić information content (AvgIpc) is 2.40. The summed E-state index contributed by atoms with van der Waals surface area (Å²) in [6.45, 7) is 18.2. The summed E-state index contributed by atoms with van der Waals surface area (Å²) in [5.74, 6) is -0.985. The van der Waals surface area contributed by atoms with Gasteiger partial charge >= 0.3 is 5.97 Å².